The van der Waals surface area contributed by atoms with E-state index in [1.807, 2.05) is 0 Å². The third-order valence-electron chi connectivity index (χ3n) is 3.37. The third kappa shape index (κ3) is 6.93. The number of nitrogens with zero attached hydrogens (tertiary/aromatic N) is 1. The summed E-state index contributed by atoms with van der Waals surface area (Å²) in [6.45, 7) is 2.05. The van der Waals surface area contributed by atoms with Gasteiger partial charge in [-0.25, -0.2) is 4.39 Å². The molecule has 0 aliphatic carbocycles. The summed E-state index contributed by atoms with van der Waals surface area (Å²) in [5.41, 5.74) is -1.64. The normalized spacial score (nSPS) is 12.5. The van der Waals surface area contributed by atoms with Crippen LogP contribution in [0.15, 0.2) is 29.3 Å². The maximum Gasteiger partial charge on any atom is 0.436 e. The average molecular weight is 331 g/mol. The molecule has 1 rings (SSSR count). The Hall–Kier alpha value is -1.72. The van der Waals surface area contributed by atoms with Gasteiger partial charge in [-0.1, -0.05) is 39.0 Å². The summed E-state index contributed by atoms with van der Waals surface area (Å²) in [6, 6.07) is 3.97. The van der Waals surface area contributed by atoms with Crippen molar-refractivity contribution < 1.29 is 22.4 Å². The van der Waals surface area contributed by atoms with E-state index in [2.05, 4.69) is 11.9 Å². The molecule has 6 heteroatoms. The van der Waals surface area contributed by atoms with E-state index in [1.165, 1.54) is 0 Å². The molecule has 1 aromatic rings. The van der Waals surface area contributed by atoms with Crippen molar-refractivity contribution in [2.75, 3.05) is 6.54 Å². The molecule has 0 aliphatic rings. The summed E-state index contributed by atoms with van der Waals surface area (Å²) in [5.74, 6) is -1.83. The predicted octanol–water partition coefficient (Wildman–Crippen LogP) is 5.37. The second-order valence-corrected chi connectivity index (χ2v) is 5.33. The van der Waals surface area contributed by atoms with Crippen LogP contribution in [0.4, 0.5) is 17.6 Å². The third-order valence-corrected chi connectivity index (χ3v) is 3.37. The molecule has 0 saturated carbocycles. The van der Waals surface area contributed by atoms with Crippen molar-refractivity contribution in [2.45, 2.75) is 51.6 Å². The van der Waals surface area contributed by atoms with Gasteiger partial charge in [0.2, 0.25) is 5.78 Å². The number of benzene rings is 1. The van der Waals surface area contributed by atoms with Crippen LogP contribution in [0.25, 0.3) is 0 Å². The summed E-state index contributed by atoms with van der Waals surface area (Å²) in [6.07, 6.45) is 0.715. The SMILES string of the molecule is CCCCCCCCN=C(C(=O)c1ccc(F)cc1)C(F)(F)F. The quantitative estimate of drug-likeness (QED) is 0.259. The zero-order chi connectivity index (χ0) is 17.3. The summed E-state index contributed by atoms with van der Waals surface area (Å²) in [7, 11) is 0. The van der Waals surface area contributed by atoms with Crippen LogP contribution in [0.5, 0.6) is 0 Å². The van der Waals surface area contributed by atoms with E-state index in [0.29, 0.717) is 6.42 Å². The van der Waals surface area contributed by atoms with Gasteiger partial charge in [-0.05, 0) is 30.7 Å². The Balaban J connectivity index is 2.67. The van der Waals surface area contributed by atoms with Gasteiger partial charge < -0.3 is 0 Å². The zero-order valence-electron chi connectivity index (χ0n) is 13.1. The predicted molar refractivity (Wildman–Crippen MR) is 82.5 cm³/mol. The molecule has 0 unspecified atom stereocenters. The van der Waals surface area contributed by atoms with Crippen LogP contribution in [-0.4, -0.2) is 24.2 Å². The lowest BCUT2D eigenvalue weighted by Gasteiger charge is -2.10. The molecule has 23 heavy (non-hydrogen) atoms. The van der Waals surface area contributed by atoms with E-state index in [-0.39, 0.29) is 12.1 Å². The van der Waals surface area contributed by atoms with Crippen molar-refractivity contribution in [3.05, 3.63) is 35.6 Å². The van der Waals surface area contributed by atoms with Crippen LogP contribution in [0.3, 0.4) is 0 Å². The van der Waals surface area contributed by atoms with Crippen LogP contribution in [-0.2, 0) is 0 Å². The molecule has 0 aliphatic heterocycles. The highest BCUT2D eigenvalue weighted by Crippen LogP contribution is 2.21. The maximum atomic E-state index is 13.0. The first-order valence-electron chi connectivity index (χ1n) is 7.78. The van der Waals surface area contributed by atoms with Crippen molar-refractivity contribution in [3.63, 3.8) is 0 Å². The minimum absolute atomic E-state index is 0.0338. The first-order chi connectivity index (χ1) is 10.9. The van der Waals surface area contributed by atoms with E-state index in [0.717, 1.165) is 56.4 Å². The molecule has 2 nitrogen and oxygen atoms in total. The van der Waals surface area contributed by atoms with Gasteiger partial charge in [-0.15, -0.1) is 0 Å². The Morgan fingerprint density at radius 2 is 1.57 bits per heavy atom. The van der Waals surface area contributed by atoms with E-state index >= 15 is 0 Å². The number of hydrogen-bond donors (Lipinski definition) is 0. The monoisotopic (exact) mass is 331 g/mol. The molecule has 0 N–H and O–H groups in total. The molecule has 0 atom stereocenters. The number of aliphatic imine (C=N–C) groups is 1. The average Bonchev–Trinajstić information content (AvgIpc) is 2.49. The van der Waals surface area contributed by atoms with Gasteiger partial charge in [-0.2, -0.15) is 13.2 Å². The van der Waals surface area contributed by atoms with Gasteiger partial charge >= 0.3 is 6.18 Å². The zero-order valence-corrected chi connectivity index (χ0v) is 13.1. The highest BCUT2D eigenvalue weighted by Gasteiger charge is 2.40. The topological polar surface area (TPSA) is 29.4 Å². The number of rotatable bonds is 9. The fourth-order valence-corrected chi connectivity index (χ4v) is 2.11. The van der Waals surface area contributed by atoms with Gasteiger partial charge in [0.15, 0.2) is 5.71 Å². The number of ketones is 1. The molecule has 0 aromatic heterocycles. The van der Waals surface area contributed by atoms with Crippen molar-refractivity contribution >= 4 is 11.5 Å². The molecule has 1 aromatic carbocycles. The second-order valence-electron chi connectivity index (χ2n) is 5.33. The van der Waals surface area contributed by atoms with Crippen LogP contribution in [0, 0.1) is 5.82 Å². The van der Waals surface area contributed by atoms with Gasteiger partial charge in [0.1, 0.15) is 5.82 Å². The number of halogens is 4. The van der Waals surface area contributed by atoms with Crippen LogP contribution in [0.1, 0.15) is 55.8 Å². The van der Waals surface area contributed by atoms with E-state index < -0.39 is 23.5 Å². The Labute approximate surface area is 133 Å². The Morgan fingerprint density at radius 1 is 1.00 bits per heavy atom. The molecular weight excluding hydrogens is 310 g/mol. The number of hydrogen-bond acceptors (Lipinski definition) is 2. The van der Waals surface area contributed by atoms with Crippen molar-refractivity contribution in [3.8, 4) is 0 Å². The van der Waals surface area contributed by atoms with Gasteiger partial charge in [0, 0.05) is 12.1 Å². The molecule has 0 amide bonds. The van der Waals surface area contributed by atoms with E-state index in [4.69, 9.17) is 0 Å². The van der Waals surface area contributed by atoms with E-state index in [1.54, 1.807) is 0 Å². The van der Waals surface area contributed by atoms with Crippen LogP contribution < -0.4 is 0 Å². The van der Waals surface area contributed by atoms with Crippen LogP contribution in [0.2, 0.25) is 0 Å². The summed E-state index contributed by atoms with van der Waals surface area (Å²) < 4.78 is 51.8. The fourth-order valence-electron chi connectivity index (χ4n) is 2.11. The number of Topliss-reactive ketones (excluding diaryl/α,β-unsaturated/α-hetero) is 1. The molecule has 0 saturated heterocycles. The van der Waals surface area contributed by atoms with Crippen LogP contribution >= 0.6 is 0 Å². The largest absolute Gasteiger partial charge is 0.436 e. The number of unbranched alkanes of at least 4 members (excludes halogenated alkanes) is 5. The molecule has 0 spiro atoms. The van der Waals surface area contributed by atoms with Gasteiger partial charge in [-0.3, -0.25) is 9.79 Å². The smallest absolute Gasteiger partial charge is 0.287 e. The first-order valence-corrected chi connectivity index (χ1v) is 7.78. The molecule has 0 bridgehead atoms. The Kier molecular flexibility index (Phi) is 7.92. The highest BCUT2D eigenvalue weighted by molar-refractivity contribution is 6.47. The standard InChI is InChI=1S/C17H21F4NO/c1-2-3-4-5-6-7-12-22-16(17(19,20)21)15(23)13-8-10-14(18)11-9-13/h8-11H,2-7,12H2,1H3. The van der Waals surface area contributed by atoms with E-state index in [9.17, 15) is 22.4 Å². The lowest BCUT2D eigenvalue weighted by atomic mass is 10.1. The Bertz CT molecular complexity index is 520. The molecule has 0 radical (unpaired) electrons. The fraction of sp³-hybridized carbons (Fsp3) is 0.529. The maximum absolute atomic E-state index is 13.0. The summed E-state index contributed by atoms with van der Waals surface area (Å²) >= 11 is 0. The minimum Gasteiger partial charge on any atom is -0.287 e. The number of carbonyl (C=O) groups excluding carboxylic acids is 1. The van der Waals surface area contributed by atoms with Gasteiger partial charge in [0.25, 0.3) is 0 Å². The minimum atomic E-state index is -4.81. The lowest BCUT2D eigenvalue weighted by Crippen LogP contribution is -2.31. The second kappa shape index (κ2) is 9.43. The Morgan fingerprint density at radius 3 is 2.13 bits per heavy atom. The number of alkyl halides is 3. The van der Waals surface area contributed by atoms with Crippen molar-refractivity contribution in [1.29, 1.82) is 0 Å². The van der Waals surface area contributed by atoms with Gasteiger partial charge in [0.05, 0.1) is 0 Å². The lowest BCUT2D eigenvalue weighted by molar-refractivity contribution is -0.0583. The first kappa shape index (κ1) is 19.3. The molecule has 0 heterocycles. The highest BCUT2D eigenvalue weighted by atomic mass is 19.4. The summed E-state index contributed by atoms with van der Waals surface area (Å²) in [5, 5.41) is 0. The molecule has 0 fully saturated rings. The summed E-state index contributed by atoms with van der Waals surface area (Å²) in [4.78, 5) is 15.4. The molecule has 128 valence electrons. The molecular formula is C17H21F4NO. The van der Waals surface area contributed by atoms with Crippen molar-refractivity contribution in [2.24, 2.45) is 4.99 Å². The number of carbonyl (C=O) groups is 1. The van der Waals surface area contributed by atoms with Crippen molar-refractivity contribution in [1.82, 2.24) is 0 Å².